The zero-order valence-electron chi connectivity index (χ0n) is 11.0. The lowest BCUT2D eigenvalue weighted by Crippen LogP contribution is -2.26. The molecule has 0 unspecified atom stereocenters. The highest BCUT2D eigenvalue weighted by Crippen LogP contribution is 2.39. The molecule has 1 heterocycles. The molecule has 1 aliphatic rings. The monoisotopic (exact) mass is 328 g/mol. The Labute approximate surface area is 121 Å². The normalized spacial score (nSPS) is 12.6. The standard InChI is InChI=1S/C13H17BrN2O3/c1-16(2)12(17)3-4-15-7-9-5-10(14)13-11(6-9)18-8-19-13/h5-6,15H,3-4,7-8H2,1-2H3. The van der Waals surface area contributed by atoms with Crippen LogP contribution >= 0.6 is 15.9 Å². The molecule has 6 heteroatoms. The second kappa shape index (κ2) is 6.25. The zero-order valence-corrected chi connectivity index (χ0v) is 12.6. The third-order valence-corrected chi connectivity index (χ3v) is 3.42. The van der Waals surface area contributed by atoms with Crippen LogP contribution in [0.2, 0.25) is 0 Å². The van der Waals surface area contributed by atoms with E-state index in [0.29, 0.717) is 19.5 Å². The Morgan fingerprint density at radius 3 is 2.95 bits per heavy atom. The molecule has 1 aromatic rings. The van der Waals surface area contributed by atoms with Crippen LogP contribution in [0.1, 0.15) is 12.0 Å². The van der Waals surface area contributed by atoms with Gasteiger partial charge in [-0.1, -0.05) is 0 Å². The molecule has 5 nitrogen and oxygen atoms in total. The van der Waals surface area contributed by atoms with E-state index in [1.54, 1.807) is 19.0 Å². The summed E-state index contributed by atoms with van der Waals surface area (Å²) in [5.41, 5.74) is 1.09. The maximum Gasteiger partial charge on any atom is 0.231 e. The average Bonchev–Trinajstić information content (AvgIpc) is 2.83. The van der Waals surface area contributed by atoms with E-state index in [4.69, 9.17) is 9.47 Å². The van der Waals surface area contributed by atoms with Crippen molar-refractivity contribution in [2.45, 2.75) is 13.0 Å². The lowest BCUT2D eigenvalue weighted by atomic mass is 10.2. The predicted octanol–water partition coefficient (Wildman–Crippen LogP) is 1.75. The predicted molar refractivity (Wildman–Crippen MR) is 75.3 cm³/mol. The summed E-state index contributed by atoms with van der Waals surface area (Å²) in [5, 5.41) is 3.24. The molecule has 0 radical (unpaired) electrons. The number of carbonyl (C=O) groups excluding carboxylic acids is 1. The molecule has 2 rings (SSSR count). The van der Waals surface area contributed by atoms with E-state index >= 15 is 0 Å². The van der Waals surface area contributed by atoms with Crippen molar-refractivity contribution < 1.29 is 14.3 Å². The summed E-state index contributed by atoms with van der Waals surface area (Å²) in [4.78, 5) is 13.0. The topological polar surface area (TPSA) is 50.8 Å². The highest BCUT2D eigenvalue weighted by Gasteiger charge is 2.17. The van der Waals surface area contributed by atoms with E-state index in [9.17, 15) is 4.79 Å². The van der Waals surface area contributed by atoms with Gasteiger partial charge in [-0.3, -0.25) is 4.79 Å². The molecule has 0 spiro atoms. The van der Waals surface area contributed by atoms with Crippen LogP contribution in [0.25, 0.3) is 0 Å². The molecule has 1 aromatic carbocycles. The van der Waals surface area contributed by atoms with E-state index in [1.165, 1.54) is 0 Å². The first-order valence-electron chi connectivity index (χ1n) is 6.07. The molecule has 1 aliphatic heterocycles. The average molecular weight is 329 g/mol. The zero-order chi connectivity index (χ0) is 13.8. The second-order valence-electron chi connectivity index (χ2n) is 4.53. The fourth-order valence-corrected chi connectivity index (χ4v) is 2.38. The molecule has 1 N–H and O–H groups in total. The smallest absolute Gasteiger partial charge is 0.231 e. The van der Waals surface area contributed by atoms with Crippen molar-refractivity contribution >= 4 is 21.8 Å². The second-order valence-corrected chi connectivity index (χ2v) is 5.38. The minimum absolute atomic E-state index is 0.124. The van der Waals surface area contributed by atoms with Crippen LogP contribution in [0.4, 0.5) is 0 Å². The van der Waals surface area contributed by atoms with Crippen molar-refractivity contribution in [1.29, 1.82) is 0 Å². The summed E-state index contributed by atoms with van der Waals surface area (Å²) in [7, 11) is 3.52. The van der Waals surface area contributed by atoms with Gasteiger partial charge in [-0.2, -0.15) is 0 Å². The summed E-state index contributed by atoms with van der Waals surface area (Å²) in [5.74, 6) is 1.64. The molecule has 0 aromatic heterocycles. The number of benzene rings is 1. The molecule has 0 fully saturated rings. The van der Waals surface area contributed by atoms with Crippen molar-refractivity contribution in [2.75, 3.05) is 27.4 Å². The summed E-state index contributed by atoms with van der Waals surface area (Å²) in [6.07, 6.45) is 0.499. The first-order chi connectivity index (χ1) is 9.08. The number of nitrogens with zero attached hydrogens (tertiary/aromatic N) is 1. The lowest BCUT2D eigenvalue weighted by molar-refractivity contribution is -0.128. The fourth-order valence-electron chi connectivity index (χ4n) is 1.77. The van der Waals surface area contributed by atoms with Gasteiger partial charge in [0.25, 0.3) is 0 Å². The molecule has 0 atom stereocenters. The number of fused-ring (bicyclic) bond motifs is 1. The maximum atomic E-state index is 11.4. The molecule has 1 amide bonds. The van der Waals surface area contributed by atoms with E-state index in [1.807, 2.05) is 12.1 Å². The minimum Gasteiger partial charge on any atom is -0.454 e. The summed E-state index contributed by atoms with van der Waals surface area (Å²) >= 11 is 3.46. The largest absolute Gasteiger partial charge is 0.454 e. The molecule has 104 valence electrons. The van der Waals surface area contributed by atoms with Crippen LogP contribution in [-0.4, -0.2) is 38.2 Å². The number of ether oxygens (including phenoxy) is 2. The van der Waals surface area contributed by atoms with Gasteiger partial charge in [-0.05, 0) is 33.6 Å². The van der Waals surface area contributed by atoms with Gasteiger partial charge in [0.15, 0.2) is 11.5 Å². The molecule has 0 saturated carbocycles. The highest BCUT2D eigenvalue weighted by molar-refractivity contribution is 9.10. The number of hydrogen-bond acceptors (Lipinski definition) is 4. The minimum atomic E-state index is 0.124. The fraction of sp³-hybridized carbons (Fsp3) is 0.462. The van der Waals surface area contributed by atoms with Crippen LogP contribution in [-0.2, 0) is 11.3 Å². The van der Waals surface area contributed by atoms with Gasteiger partial charge in [-0.25, -0.2) is 0 Å². The van der Waals surface area contributed by atoms with Gasteiger partial charge >= 0.3 is 0 Å². The van der Waals surface area contributed by atoms with Gasteiger partial charge in [-0.15, -0.1) is 0 Å². The van der Waals surface area contributed by atoms with Crippen molar-refractivity contribution in [3.8, 4) is 11.5 Å². The number of hydrogen-bond donors (Lipinski definition) is 1. The van der Waals surface area contributed by atoms with Gasteiger partial charge in [0, 0.05) is 33.6 Å². The lowest BCUT2D eigenvalue weighted by Gasteiger charge is -2.11. The Kier molecular flexibility index (Phi) is 4.66. The van der Waals surface area contributed by atoms with Crippen molar-refractivity contribution in [2.24, 2.45) is 0 Å². The third-order valence-electron chi connectivity index (χ3n) is 2.83. The molecule has 0 bridgehead atoms. The van der Waals surface area contributed by atoms with Crippen LogP contribution < -0.4 is 14.8 Å². The highest BCUT2D eigenvalue weighted by atomic mass is 79.9. The molecule has 19 heavy (non-hydrogen) atoms. The summed E-state index contributed by atoms with van der Waals surface area (Å²) < 4.78 is 11.6. The van der Waals surface area contributed by atoms with Crippen molar-refractivity contribution in [3.63, 3.8) is 0 Å². The Bertz CT molecular complexity index is 477. The number of carbonyl (C=O) groups is 1. The first-order valence-corrected chi connectivity index (χ1v) is 6.86. The van der Waals surface area contributed by atoms with Crippen molar-refractivity contribution in [3.05, 3.63) is 22.2 Å². The molecule has 0 aliphatic carbocycles. The van der Waals surface area contributed by atoms with Gasteiger partial charge in [0.05, 0.1) is 4.47 Å². The first kappa shape index (κ1) is 14.1. The third kappa shape index (κ3) is 3.61. The van der Waals surface area contributed by atoms with Crippen LogP contribution in [0.5, 0.6) is 11.5 Å². The molecule has 0 saturated heterocycles. The van der Waals surface area contributed by atoms with E-state index < -0.39 is 0 Å². The Balaban J connectivity index is 1.84. The van der Waals surface area contributed by atoms with Gasteiger partial charge in [0.2, 0.25) is 12.7 Å². The number of amides is 1. The Morgan fingerprint density at radius 2 is 2.21 bits per heavy atom. The van der Waals surface area contributed by atoms with E-state index in [-0.39, 0.29) is 12.7 Å². The Morgan fingerprint density at radius 1 is 1.42 bits per heavy atom. The van der Waals surface area contributed by atoms with Crippen LogP contribution in [0.15, 0.2) is 16.6 Å². The summed E-state index contributed by atoms with van der Waals surface area (Å²) in [6, 6.07) is 3.95. The number of rotatable bonds is 5. The number of nitrogens with one attached hydrogen (secondary N) is 1. The van der Waals surface area contributed by atoms with Gasteiger partial charge in [0.1, 0.15) is 0 Å². The van der Waals surface area contributed by atoms with Crippen molar-refractivity contribution in [1.82, 2.24) is 10.2 Å². The molecular weight excluding hydrogens is 312 g/mol. The number of halogens is 1. The summed E-state index contributed by atoms with van der Waals surface area (Å²) in [6.45, 7) is 1.61. The van der Waals surface area contributed by atoms with Crippen LogP contribution in [0.3, 0.4) is 0 Å². The maximum absolute atomic E-state index is 11.4. The van der Waals surface area contributed by atoms with Crippen LogP contribution in [0, 0.1) is 0 Å². The van der Waals surface area contributed by atoms with E-state index in [0.717, 1.165) is 21.5 Å². The van der Waals surface area contributed by atoms with Gasteiger partial charge < -0.3 is 19.7 Å². The quantitative estimate of drug-likeness (QED) is 0.836. The molecular formula is C13H17BrN2O3. The Hall–Kier alpha value is -1.27. The van der Waals surface area contributed by atoms with E-state index in [2.05, 4.69) is 21.2 Å². The SMILES string of the molecule is CN(C)C(=O)CCNCc1cc(Br)c2c(c1)OCO2.